The van der Waals surface area contributed by atoms with E-state index in [0.717, 1.165) is 5.56 Å². The highest BCUT2D eigenvalue weighted by Gasteiger charge is 2.19. The standard InChI is InChI=1S/C28H32N2O4/c1-6-25(34-24-12-8-11-23(18-24)33-5)27(32)30-22-10-7-9-21(17-22)29-26(31)19-13-15-20(16-14-19)28(2,3)4/h7-18,25H,6H2,1-5H3,(H,29,31)(H,30,32)/t25-/m0/s1. The third-order valence-corrected chi connectivity index (χ3v) is 5.38. The van der Waals surface area contributed by atoms with E-state index in [1.807, 2.05) is 43.3 Å². The minimum atomic E-state index is -0.674. The van der Waals surface area contributed by atoms with Crippen LogP contribution < -0.4 is 20.1 Å². The van der Waals surface area contributed by atoms with E-state index in [2.05, 4.69) is 31.4 Å². The van der Waals surface area contributed by atoms with Crippen molar-refractivity contribution in [2.24, 2.45) is 0 Å². The average molecular weight is 461 g/mol. The lowest BCUT2D eigenvalue weighted by molar-refractivity contribution is -0.122. The summed E-state index contributed by atoms with van der Waals surface area (Å²) in [4.78, 5) is 25.5. The number of rotatable bonds is 8. The Bertz CT molecular complexity index is 1130. The van der Waals surface area contributed by atoms with Crippen LogP contribution in [-0.4, -0.2) is 25.0 Å². The van der Waals surface area contributed by atoms with Crippen LogP contribution in [0.2, 0.25) is 0 Å². The second kappa shape index (κ2) is 10.9. The topological polar surface area (TPSA) is 76.7 Å². The van der Waals surface area contributed by atoms with Gasteiger partial charge in [0.15, 0.2) is 6.10 Å². The number of benzene rings is 3. The normalized spacial score (nSPS) is 11.9. The van der Waals surface area contributed by atoms with Crippen molar-refractivity contribution in [3.8, 4) is 11.5 Å². The first-order valence-electron chi connectivity index (χ1n) is 11.3. The van der Waals surface area contributed by atoms with Crippen LogP contribution >= 0.6 is 0 Å². The number of hydrogen-bond donors (Lipinski definition) is 2. The number of ether oxygens (including phenoxy) is 2. The smallest absolute Gasteiger partial charge is 0.265 e. The quantitative estimate of drug-likeness (QED) is 0.430. The van der Waals surface area contributed by atoms with Crippen LogP contribution in [0.1, 0.15) is 50.0 Å². The van der Waals surface area contributed by atoms with E-state index >= 15 is 0 Å². The van der Waals surface area contributed by atoms with E-state index in [0.29, 0.717) is 34.9 Å². The number of anilines is 2. The first kappa shape index (κ1) is 24.8. The SMILES string of the molecule is CC[C@H](Oc1cccc(OC)c1)C(=O)Nc1cccc(NC(=O)c2ccc(C(C)(C)C)cc2)c1. The molecule has 0 radical (unpaired) electrons. The predicted octanol–water partition coefficient (Wildman–Crippen LogP) is 6.04. The number of carbonyl (C=O) groups excluding carboxylic acids is 2. The van der Waals surface area contributed by atoms with E-state index in [4.69, 9.17) is 9.47 Å². The highest BCUT2D eigenvalue weighted by Crippen LogP contribution is 2.24. The molecule has 0 saturated carbocycles. The Hall–Kier alpha value is -3.80. The van der Waals surface area contributed by atoms with Crippen molar-refractivity contribution in [1.82, 2.24) is 0 Å². The maximum Gasteiger partial charge on any atom is 0.265 e. The highest BCUT2D eigenvalue weighted by atomic mass is 16.5. The summed E-state index contributed by atoms with van der Waals surface area (Å²) in [6, 6.07) is 21.8. The lowest BCUT2D eigenvalue weighted by Crippen LogP contribution is -2.32. The Morgan fingerprint density at radius 2 is 1.47 bits per heavy atom. The molecule has 178 valence electrons. The summed E-state index contributed by atoms with van der Waals surface area (Å²) in [6.07, 6.45) is -0.184. The molecule has 0 heterocycles. The molecule has 0 bridgehead atoms. The number of hydrogen-bond acceptors (Lipinski definition) is 4. The van der Waals surface area contributed by atoms with Gasteiger partial charge in [0, 0.05) is 23.0 Å². The zero-order valence-corrected chi connectivity index (χ0v) is 20.3. The van der Waals surface area contributed by atoms with Crippen LogP contribution in [0.15, 0.2) is 72.8 Å². The maximum absolute atomic E-state index is 12.8. The fraction of sp³-hybridized carbons (Fsp3) is 0.286. The van der Waals surface area contributed by atoms with Gasteiger partial charge in [0.25, 0.3) is 11.8 Å². The molecule has 0 fully saturated rings. The van der Waals surface area contributed by atoms with Crippen LogP contribution in [0.25, 0.3) is 0 Å². The second-order valence-corrected chi connectivity index (χ2v) is 9.05. The van der Waals surface area contributed by atoms with E-state index in [-0.39, 0.29) is 17.2 Å². The van der Waals surface area contributed by atoms with Crippen LogP contribution in [0, 0.1) is 0 Å². The molecule has 2 N–H and O–H groups in total. The fourth-order valence-electron chi connectivity index (χ4n) is 3.38. The summed E-state index contributed by atoms with van der Waals surface area (Å²) in [5, 5.41) is 5.76. The molecule has 3 aromatic rings. The number of carbonyl (C=O) groups is 2. The molecular formula is C28H32N2O4. The molecule has 3 aromatic carbocycles. The summed E-state index contributed by atoms with van der Waals surface area (Å²) in [6.45, 7) is 8.28. The Labute approximate surface area is 201 Å². The highest BCUT2D eigenvalue weighted by molar-refractivity contribution is 6.04. The van der Waals surface area contributed by atoms with Gasteiger partial charge in [-0.15, -0.1) is 0 Å². The molecule has 0 aliphatic rings. The van der Waals surface area contributed by atoms with E-state index in [9.17, 15) is 9.59 Å². The first-order chi connectivity index (χ1) is 16.2. The van der Waals surface area contributed by atoms with Crippen molar-refractivity contribution in [3.63, 3.8) is 0 Å². The van der Waals surface area contributed by atoms with Gasteiger partial charge in [0.05, 0.1) is 7.11 Å². The van der Waals surface area contributed by atoms with Crippen molar-refractivity contribution in [2.75, 3.05) is 17.7 Å². The fourth-order valence-corrected chi connectivity index (χ4v) is 3.38. The van der Waals surface area contributed by atoms with Gasteiger partial charge >= 0.3 is 0 Å². The molecule has 0 spiro atoms. The van der Waals surface area contributed by atoms with Gasteiger partial charge in [-0.05, 0) is 59.9 Å². The summed E-state index contributed by atoms with van der Waals surface area (Å²) in [7, 11) is 1.58. The summed E-state index contributed by atoms with van der Waals surface area (Å²) in [5.41, 5.74) is 2.91. The minimum Gasteiger partial charge on any atom is -0.497 e. The predicted molar refractivity (Wildman–Crippen MR) is 136 cm³/mol. The molecule has 3 rings (SSSR count). The molecule has 1 atom stereocenters. The van der Waals surface area contributed by atoms with Crippen molar-refractivity contribution < 1.29 is 19.1 Å². The Morgan fingerprint density at radius 3 is 2.09 bits per heavy atom. The van der Waals surface area contributed by atoms with Crippen molar-refractivity contribution in [2.45, 2.75) is 45.6 Å². The molecule has 34 heavy (non-hydrogen) atoms. The zero-order valence-electron chi connectivity index (χ0n) is 20.3. The summed E-state index contributed by atoms with van der Waals surface area (Å²) >= 11 is 0. The zero-order chi connectivity index (χ0) is 24.7. The van der Waals surface area contributed by atoms with Gasteiger partial charge < -0.3 is 20.1 Å². The van der Waals surface area contributed by atoms with Crippen LogP contribution in [-0.2, 0) is 10.2 Å². The second-order valence-electron chi connectivity index (χ2n) is 9.05. The maximum atomic E-state index is 12.8. The van der Waals surface area contributed by atoms with Gasteiger partial charge in [-0.25, -0.2) is 0 Å². The molecule has 0 unspecified atom stereocenters. The molecule has 0 aliphatic carbocycles. The van der Waals surface area contributed by atoms with Gasteiger partial charge in [-0.1, -0.05) is 52.0 Å². The molecule has 0 aliphatic heterocycles. The van der Waals surface area contributed by atoms with Gasteiger partial charge in [-0.3, -0.25) is 9.59 Å². The van der Waals surface area contributed by atoms with Gasteiger partial charge in [0.2, 0.25) is 0 Å². The third kappa shape index (κ3) is 6.61. The van der Waals surface area contributed by atoms with Crippen molar-refractivity contribution >= 4 is 23.2 Å². The van der Waals surface area contributed by atoms with Gasteiger partial charge in [0.1, 0.15) is 11.5 Å². The van der Waals surface area contributed by atoms with Crippen molar-refractivity contribution in [3.05, 3.63) is 83.9 Å². The lowest BCUT2D eigenvalue weighted by atomic mass is 9.87. The molecule has 0 saturated heterocycles. The van der Waals surface area contributed by atoms with Gasteiger partial charge in [-0.2, -0.15) is 0 Å². The Kier molecular flexibility index (Phi) is 7.95. The Morgan fingerprint density at radius 1 is 0.853 bits per heavy atom. The number of amides is 2. The van der Waals surface area contributed by atoms with Crippen molar-refractivity contribution in [1.29, 1.82) is 0 Å². The lowest BCUT2D eigenvalue weighted by Gasteiger charge is -2.19. The van der Waals surface area contributed by atoms with E-state index < -0.39 is 6.10 Å². The summed E-state index contributed by atoms with van der Waals surface area (Å²) in [5.74, 6) is 0.729. The third-order valence-electron chi connectivity index (χ3n) is 5.38. The molecule has 2 amide bonds. The average Bonchev–Trinajstić information content (AvgIpc) is 2.82. The van der Waals surface area contributed by atoms with Crippen LogP contribution in [0.3, 0.4) is 0 Å². The number of methoxy groups -OCH3 is 1. The van der Waals surface area contributed by atoms with Crippen LogP contribution in [0.4, 0.5) is 11.4 Å². The monoisotopic (exact) mass is 460 g/mol. The largest absolute Gasteiger partial charge is 0.497 e. The molecule has 0 aromatic heterocycles. The first-order valence-corrected chi connectivity index (χ1v) is 11.3. The van der Waals surface area contributed by atoms with E-state index in [1.54, 1.807) is 43.5 Å². The number of nitrogens with one attached hydrogen (secondary N) is 2. The van der Waals surface area contributed by atoms with E-state index in [1.165, 1.54) is 0 Å². The minimum absolute atomic E-state index is 0.0220. The molecule has 6 heteroatoms. The Balaban J connectivity index is 1.64. The molecular weight excluding hydrogens is 428 g/mol. The van der Waals surface area contributed by atoms with Crippen LogP contribution in [0.5, 0.6) is 11.5 Å². The summed E-state index contributed by atoms with van der Waals surface area (Å²) < 4.78 is 11.1. The molecule has 6 nitrogen and oxygen atoms in total.